The highest BCUT2D eigenvalue weighted by Gasteiger charge is 2.28. The Morgan fingerprint density at radius 3 is 2.67 bits per heavy atom. The van der Waals surface area contributed by atoms with Crippen LogP contribution in [-0.4, -0.2) is 23.5 Å². The van der Waals surface area contributed by atoms with Crippen molar-refractivity contribution in [1.29, 1.82) is 0 Å². The van der Waals surface area contributed by atoms with Gasteiger partial charge in [-0.2, -0.15) is 0 Å². The maximum absolute atomic E-state index is 3.61. The first kappa shape index (κ1) is 15.1. The zero-order valence-corrected chi connectivity index (χ0v) is 13.8. The van der Waals surface area contributed by atoms with E-state index in [-0.39, 0.29) is 0 Å². The van der Waals surface area contributed by atoms with Gasteiger partial charge in [-0.05, 0) is 49.1 Å². The highest BCUT2D eigenvalue weighted by atomic mass is 15.2. The molecule has 0 aromatic heterocycles. The van der Waals surface area contributed by atoms with E-state index < -0.39 is 0 Å². The fourth-order valence-corrected chi connectivity index (χ4v) is 3.66. The lowest BCUT2D eigenvalue weighted by atomic mass is 9.86. The average molecular weight is 286 g/mol. The van der Waals surface area contributed by atoms with Crippen LogP contribution in [0.1, 0.15) is 51.2 Å². The van der Waals surface area contributed by atoms with Gasteiger partial charge in [0.2, 0.25) is 0 Å². The van der Waals surface area contributed by atoms with Crippen LogP contribution in [0.3, 0.4) is 0 Å². The molecule has 116 valence electrons. The van der Waals surface area contributed by atoms with Gasteiger partial charge in [0.15, 0.2) is 0 Å². The molecule has 1 saturated heterocycles. The Balaban J connectivity index is 1.61. The fraction of sp³-hybridized carbons (Fsp3) is 0.684. The Bertz CT molecular complexity index is 466. The maximum atomic E-state index is 3.61. The molecule has 1 aromatic rings. The smallest absolute Gasteiger partial charge is 0.0236 e. The summed E-state index contributed by atoms with van der Waals surface area (Å²) in [5, 5.41) is 3.61. The molecule has 1 saturated carbocycles. The van der Waals surface area contributed by atoms with Gasteiger partial charge in [-0.15, -0.1) is 0 Å². The number of hydrogen-bond acceptors (Lipinski definition) is 2. The monoisotopic (exact) mass is 286 g/mol. The Morgan fingerprint density at radius 2 is 1.90 bits per heavy atom. The van der Waals surface area contributed by atoms with E-state index in [2.05, 4.69) is 55.3 Å². The third-order valence-corrected chi connectivity index (χ3v) is 5.27. The highest BCUT2D eigenvalue weighted by Crippen LogP contribution is 2.28. The third kappa shape index (κ3) is 4.08. The summed E-state index contributed by atoms with van der Waals surface area (Å²) in [5.74, 6) is 1.64. The number of benzene rings is 1. The van der Waals surface area contributed by atoms with Gasteiger partial charge in [0.1, 0.15) is 0 Å². The van der Waals surface area contributed by atoms with E-state index in [4.69, 9.17) is 0 Å². The van der Waals surface area contributed by atoms with E-state index in [1.54, 1.807) is 0 Å². The van der Waals surface area contributed by atoms with E-state index in [0.29, 0.717) is 6.04 Å². The van der Waals surface area contributed by atoms with E-state index >= 15 is 0 Å². The second kappa shape index (κ2) is 6.50. The molecule has 0 bridgehead atoms. The van der Waals surface area contributed by atoms with Crippen LogP contribution in [0.4, 0.5) is 0 Å². The van der Waals surface area contributed by atoms with Crippen LogP contribution in [-0.2, 0) is 13.1 Å². The molecule has 21 heavy (non-hydrogen) atoms. The Labute approximate surface area is 129 Å². The van der Waals surface area contributed by atoms with Crippen LogP contribution in [0.25, 0.3) is 0 Å². The van der Waals surface area contributed by atoms with Crippen LogP contribution >= 0.6 is 0 Å². The maximum Gasteiger partial charge on any atom is 0.0236 e. The molecule has 3 rings (SSSR count). The lowest BCUT2D eigenvalue weighted by Gasteiger charge is -2.41. The van der Waals surface area contributed by atoms with Crippen molar-refractivity contribution in [3.8, 4) is 0 Å². The van der Waals surface area contributed by atoms with Gasteiger partial charge in [-0.1, -0.05) is 38.1 Å². The van der Waals surface area contributed by atoms with Gasteiger partial charge in [0.05, 0.1) is 0 Å². The van der Waals surface area contributed by atoms with Gasteiger partial charge < -0.3 is 5.32 Å². The number of hydrogen-bond donors (Lipinski definition) is 1. The van der Waals surface area contributed by atoms with Gasteiger partial charge in [0.25, 0.3) is 0 Å². The van der Waals surface area contributed by atoms with Gasteiger partial charge in [0, 0.05) is 31.7 Å². The van der Waals surface area contributed by atoms with E-state index in [1.807, 2.05) is 0 Å². The van der Waals surface area contributed by atoms with E-state index in [9.17, 15) is 0 Å². The van der Waals surface area contributed by atoms with Crippen molar-refractivity contribution in [3.63, 3.8) is 0 Å². The Morgan fingerprint density at radius 1 is 1.14 bits per heavy atom. The first-order valence-corrected chi connectivity index (χ1v) is 8.67. The number of nitrogens with zero attached hydrogens (tertiary/aromatic N) is 1. The largest absolute Gasteiger partial charge is 0.310 e. The molecular formula is C19H30N2. The summed E-state index contributed by atoms with van der Waals surface area (Å²) in [4.78, 5) is 2.67. The van der Waals surface area contributed by atoms with Gasteiger partial charge >= 0.3 is 0 Å². The number of nitrogens with one attached hydrogen (secondary N) is 1. The summed E-state index contributed by atoms with van der Waals surface area (Å²) in [7, 11) is 0. The average Bonchev–Trinajstić information content (AvgIpc) is 3.27. The van der Waals surface area contributed by atoms with Crippen LogP contribution in [0, 0.1) is 11.8 Å². The van der Waals surface area contributed by atoms with E-state index in [0.717, 1.165) is 31.0 Å². The van der Waals surface area contributed by atoms with E-state index in [1.165, 1.54) is 36.9 Å². The molecule has 0 radical (unpaired) electrons. The molecule has 1 aromatic carbocycles. The molecule has 3 atom stereocenters. The SMILES string of the molecule is CC1CC(C)C(C)N(Cc2cccc(CNC3CC3)c2)C1. The molecule has 2 heteroatoms. The van der Waals surface area contributed by atoms with Crippen LogP contribution < -0.4 is 5.32 Å². The third-order valence-electron chi connectivity index (χ3n) is 5.27. The normalized spacial score (nSPS) is 30.5. The molecule has 0 amide bonds. The van der Waals surface area contributed by atoms with Crippen molar-refractivity contribution < 1.29 is 0 Å². The zero-order chi connectivity index (χ0) is 14.8. The van der Waals surface area contributed by atoms with Crippen LogP contribution in [0.5, 0.6) is 0 Å². The molecule has 1 aliphatic heterocycles. The van der Waals surface area contributed by atoms with Crippen molar-refractivity contribution >= 4 is 0 Å². The zero-order valence-electron chi connectivity index (χ0n) is 13.8. The van der Waals surface area contributed by atoms with Gasteiger partial charge in [-0.3, -0.25) is 4.90 Å². The highest BCUT2D eigenvalue weighted by molar-refractivity contribution is 5.23. The molecule has 2 fully saturated rings. The molecular weight excluding hydrogens is 256 g/mol. The summed E-state index contributed by atoms with van der Waals surface area (Å²) >= 11 is 0. The van der Waals surface area contributed by atoms with Crippen molar-refractivity contribution in [2.75, 3.05) is 6.54 Å². The van der Waals surface area contributed by atoms with Crippen molar-refractivity contribution in [2.45, 2.75) is 65.2 Å². The molecule has 1 heterocycles. The lowest BCUT2D eigenvalue weighted by molar-refractivity contribution is 0.0729. The topological polar surface area (TPSA) is 15.3 Å². The quantitative estimate of drug-likeness (QED) is 0.885. The Hall–Kier alpha value is -0.860. The summed E-state index contributed by atoms with van der Waals surface area (Å²) < 4.78 is 0. The first-order chi connectivity index (χ1) is 10.1. The summed E-state index contributed by atoms with van der Waals surface area (Å²) in [5.41, 5.74) is 2.91. The summed E-state index contributed by atoms with van der Waals surface area (Å²) in [6.45, 7) is 10.6. The summed E-state index contributed by atoms with van der Waals surface area (Å²) in [6, 6.07) is 10.7. The van der Waals surface area contributed by atoms with Crippen molar-refractivity contribution in [2.24, 2.45) is 11.8 Å². The molecule has 1 N–H and O–H groups in total. The Kier molecular flexibility index (Phi) is 4.66. The standard InChI is InChI=1S/C19H30N2/c1-14-9-15(2)16(3)21(12-14)13-18-6-4-5-17(10-18)11-20-19-7-8-19/h4-6,10,14-16,19-20H,7-9,11-13H2,1-3H3. The predicted octanol–water partition coefficient (Wildman–Crippen LogP) is 3.81. The number of piperidine rings is 1. The van der Waals surface area contributed by atoms with Gasteiger partial charge in [-0.25, -0.2) is 0 Å². The fourth-order valence-electron chi connectivity index (χ4n) is 3.66. The molecule has 2 nitrogen and oxygen atoms in total. The predicted molar refractivity (Wildman–Crippen MR) is 89.1 cm³/mol. The van der Waals surface area contributed by atoms with Crippen LogP contribution in [0.2, 0.25) is 0 Å². The van der Waals surface area contributed by atoms with Crippen molar-refractivity contribution in [3.05, 3.63) is 35.4 Å². The second-order valence-electron chi connectivity index (χ2n) is 7.46. The lowest BCUT2D eigenvalue weighted by Crippen LogP contribution is -2.45. The second-order valence-corrected chi connectivity index (χ2v) is 7.46. The molecule has 3 unspecified atom stereocenters. The van der Waals surface area contributed by atoms with Crippen molar-refractivity contribution in [1.82, 2.24) is 10.2 Å². The molecule has 1 aliphatic carbocycles. The van der Waals surface area contributed by atoms with Crippen LogP contribution in [0.15, 0.2) is 24.3 Å². The summed E-state index contributed by atoms with van der Waals surface area (Å²) in [6.07, 6.45) is 4.10. The minimum Gasteiger partial charge on any atom is -0.310 e. The molecule has 2 aliphatic rings. The number of likely N-dealkylation sites (tertiary alicyclic amines) is 1. The number of rotatable bonds is 5. The first-order valence-electron chi connectivity index (χ1n) is 8.67. The minimum absolute atomic E-state index is 0.703. The molecule has 0 spiro atoms. The minimum atomic E-state index is 0.703.